The summed E-state index contributed by atoms with van der Waals surface area (Å²) in [6.07, 6.45) is 4.77. The molecule has 1 atom stereocenters. The van der Waals surface area contributed by atoms with E-state index in [9.17, 15) is 9.90 Å². The van der Waals surface area contributed by atoms with Crippen LogP contribution in [-0.4, -0.2) is 44.9 Å². The second-order valence-corrected chi connectivity index (χ2v) is 7.66. The number of aliphatic hydroxyl groups excluding tert-OH is 1. The van der Waals surface area contributed by atoms with Crippen molar-refractivity contribution < 1.29 is 9.90 Å². The molecule has 1 aromatic heterocycles. The summed E-state index contributed by atoms with van der Waals surface area (Å²) in [5.41, 5.74) is 2.73. The number of hydrogen-bond acceptors (Lipinski definition) is 3. The van der Waals surface area contributed by atoms with E-state index in [2.05, 4.69) is 15.5 Å². The van der Waals surface area contributed by atoms with Crippen LogP contribution in [0.15, 0.2) is 36.5 Å². The van der Waals surface area contributed by atoms with Gasteiger partial charge in [-0.05, 0) is 49.7 Å². The van der Waals surface area contributed by atoms with Crippen molar-refractivity contribution >= 4 is 6.03 Å². The highest BCUT2D eigenvalue weighted by Crippen LogP contribution is 2.56. The number of aromatic nitrogens is 2. The van der Waals surface area contributed by atoms with Gasteiger partial charge in [-0.1, -0.05) is 30.3 Å². The fourth-order valence-electron chi connectivity index (χ4n) is 4.53. The zero-order chi connectivity index (χ0) is 18.1. The number of hydrogen-bond donors (Lipinski definition) is 3. The van der Waals surface area contributed by atoms with E-state index in [1.54, 1.807) is 0 Å². The fourth-order valence-corrected chi connectivity index (χ4v) is 4.53. The van der Waals surface area contributed by atoms with Gasteiger partial charge >= 0.3 is 6.03 Å². The lowest BCUT2D eigenvalue weighted by atomic mass is 9.68. The number of carbonyl (C=O) groups is 1. The van der Waals surface area contributed by atoms with Crippen molar-refractivity contribution in [2.24, 2.45) is 5.92 Å². The summed E-state index contributed by atoms with van der Waals surface area (Å²) in [6, 6.07) is 9.63. The average Bonchev–Trinajstić information content (AvgIpc) is 3.32. The standard InChI is InChI=1S/C20H26N4O2/c1-14-17(12-22-23-14)8-5-9-21-19(26)24-13-15-10-20(24,11-15)18(25)16-6-3-2-4-7-16/h2-4,6-7,12,15,18,25H,5,8-11,13H2,1H3,(H,21,26)(H,22,23). The van der Waals surface area contributed by atoms with Crippen molar-refractivity contribution in [2.75, 3.05) is 13.1 Å². The third-order valence-electron chi connectivity index (χ3n) is 5.97. The maximum Gasteiger partial charge on any atom is 0.317 e. The second kappa shape index (κ2) is 6.76. The minimum absolute atomic E-state index is 0.0519. The van der Waals surface area contributed by atoms with Crippen LogP contribution in [0.2, 0.25) is 0 Å². The summed E-state index contributed by atoms with van der Waals surface area (Å²) in [6.45, 7) is 3.38. The van der Waals surface area contributed by atoms with E-state index in [0.717, 1.165) is 43.5 Å². The molecule has 5 rings (SSSR count). The largest absolute Gasteiger partial charge is 0.386 e. The van der Waals surface area contributed by atoms with Gasteiger partial charge in [0.2, 0.25) is 0 Å². The average molecular weight is 354 g/mol. The fraction of sp³-hybridized carbons (Fsp3) is 0.500. The number of carbonyl (C=O) groups excluding carboxylic acids is 1. The number of aliphatic hydroxyl groups is 1. The maximum atomic E-state index is 12.7. The molecule has 138 valence electrons. The molecule has 3 heterocycles. The Morgan fingerprint density at radius 2 is 2.19 bits per heavy atom. The first-order valence-corrected chi connectivity index (χ1v) is 9.37. The Bertz CT molecular complexity index is 767. The van der Waals surface area contributed by atoms with E-state index >= 15 is 0 Å². The Hall–Kier alpha value is -2.34. The van der Waals surface area contributed by atoms with Crippen molar-refractivity contribution in [3.63, 3.8) is 0 Å². The Morgan fingerprint density at radius 1 is 1.42 bits per heavy atom. The highest BCUT2D eigenvalue weighted by atomic mass is 16.3. The van der Waals surface area contributed by atoms with Gasteiger partial charge in [0.15, 0.2) is 0 Å². The van der Waals surface area contributed by atoms with Crippen LogP contribution in [0.5, 0.6) is 0 Å². The van der Waals surface area contributed by atoms with Crippen LogP contribution >= 0.6 is 0 Å². The summed E-state index contributed by atoms with van der Waals surface area (Å²) in [4.78, 5) is 14.6. The topological polar surface area (TPSA) is 81.2 Å². The quantitative estimate of drug-likeness (QED) is 0.698. The molecule has 6 heteroatoms. The number of fused-ring (bicyclic) bond motifs is 1. The number of nitrogens with zero attached hydrogens (tertiary/aromatic N) is 2. The lowest BCUT2D eigenvalue weighted by Crippen LogP contribution is -2.55. The van der Waals surface area contributed by atoms with Gasteiger partial charge in [0, 0.05) is 18.8 Å². The molecule has 2 amide bonds. The van der Waals surface area contributed by atoms with E-state index in [0.29, 0.717) is 12.5 Å². The molecule has 1 aromatic carbocycles. The third-order valence-corrected chi connectivity index (χ3v) is 5.97. The third kappa shape index (κ3) is 2.88. The van der Waals surface area contributed by atoms with Crippen molar-refractivity contribution in [3.8, 4) is 0 Å². The molecular weight excluding hydrogens is 328 g/mol. The molecule has 3 N–H and O–H groups in total. The minimum atomic E-state index is -0.623. The van der Waals surface area contributed by atoms with Gasteiger partial charge in [-0.15, -0.1) is 0 Å². The number of nitrogens with one attached hydrogen (secondary N) is 2. The molecule has 1 unspecified atom stereocenters. The smallest absolute Gasteiger partial charge is 0.317 e. The highest BCUT2D eigenvalue weighted by Gasteiger charge is 2.61. The molecule has 2 aromatic rings. The Kier molecular flexibility index (Phi) is 4.44. The molecule has 2 saturated heterocycles. The number of rotatable bonds is 6. The normalized spacial score (nSPS) is 25.0. The SMILES string of the molecule is Cc1[nH]ncc1CCCNC(=O)N1CC2CC1(C(O)c1ccccc1)C2. The first kappa shape index (κ1) is 17.1. The van der Waals surface area contributed by atoms with Crippen LogP contribution in [0.25, 0.3) is 0 Å². The van der Waals surface area contributed by atoms with Crippen LogP contribution in [0.4, 0.5) is 4.79 Å². The highest BCUT2D eigenvalue weighted by molar-refractivity contribution is 5.76. The summed E-state index contributed by atoms with van der Waals surface area (Å²) in [5, 5.41) is 20.9. The molecule has 2 aliphatic heterocycles. The van der Waals surface area contributed by atoms with E-state index in [-0.39, 0.29) is 6.03 Å². The van der Waals surface area contributed by atoms with Gasteiger partial charge in [0.05, 0.1) is 11.7 Å². The first-order chi connectivity index (χ1) is 12.6. The summed E-state index contributed by atoms with van der Waals surface area (Å²) < 4.78 is 0. The van der Waals surface area contributed by atoms with Crippen LogP contribution < -0.4 is 5.32 Å². The van der Waals surface area contributed by atoms with Crippen LogP contribution in [0, 0.1) is 12.8 Å². The van der Waals surface area contributed by atoms with Crippen LogP contribution in [0.3, 0.4) is 0 Å². The van der Waals surface area contributed by atoms with Crippen molar-refractivity contribution in [1.29, 1.82) is 0 Å². The predicted octanol–water partition coefficient (Wildman–Crippen LogP) is 2.56. The van der Waals surface area contributed by atoms with E-state index in [1.807, 2.05) is 48.4 Å². The van der Waals surface area contributed by atoms with Crippen molar-refractivity contribution in [1.82, 2.24) is 20.4 Å². The number of aryl methyl sites for hydroxylation is 2. The van der Waals surface area contributed by atoms with Gasteiger partial charge < -0.3 is 15.3 Å². The molecule has 0 spiro atoms. The van der Waals surface area contributed by atoms with Crippen molar-refractivity contribution in [3.05, 3.63) is 53.3 Å². The number of benzene rings is 1. The Morgan fingerprint density at radius 3 is 2.88 bits per heavy atom. The number of urea groups is 1. The molecule has 6 nitrogen and oxygen atoms in total. The van der Waals surface area contributed by atoms with Gasteiger partial charge in [0.1, 0.15) is 6.10 Å². The summed E-state index contributed by atoms with van der Waals surface area (Å²) >= 11 is 0. The Balaban J connectivity index is 1.34. The monoisotopic (exact) mass is 354 g/mol. The first-order valence-electron chi connectivity index (χ1n) is 9.37. The second-order valence-electron chi connectivity index (χ2n) is 7.66. The lowest BCUT2D eigenvalue weighted by Gasteiger charge is -2.45. The van der Waals surface area contributed by atoms with Gasteiger partial charge in [-0.25, -0.2) is 4.79 Å². The molecule has 3 fully saturated rings. The Labute approximate surface area is 153 Å². The zero-order valence-electron chi connectivity index (χ0n) is 15.1. The molecular formula is C20H26N4O2. The number of amides is 2. The molecule has 3 aliphatic rings. The van der Waals surface area contributed by atoms with Crippen molar-refractivity contribution in [2.45, 2.75) is 44.2 Å². The maximum absolute atomic E-state index is 12.7. The number of H-pyrrole nitrogens is 1. The van der Waals surface area contributed by atoms with Crippen LogP contribution in [-0.2, 0) is 6.42 Å². The minimum Gasteiger partial charge on any atom is -0.386 e. The molecule has 1 saturated carbocycles. The molecule has 0 radical (unpaired) electrons. The van der Waals surface area contributed by atoms with E-state index in [1.165, 1.54) is 5.56 Å². The van der Waals surface area contributed by atoms with E-state index in [4.69, 9.17) is 0 Å². The van der Waals surface area contributed by atoms with Crippen LogP contribution in [0.1, 0.15) is 42.2 Å². The lowest BCUT2D eigenvalue weighted by molar-refractivity contribution is -0.0183. The predicted molar refractivity (Wildman–Crippen MR) is 98.6 cm³/mol. The molecule has 1 aliphatic carbocycles. The number of aromatic amines is 1. The van der Waals surface area contributed by atoms with Gasteiger partial charge in [-0.3, -0.25) is 5.10 Å². The van der Waals surface area contributed by atoms with E-state index < -0.39 is 11.6 Å². The summed E-state index contributed by atoms with van der Waals surface area (Å²) in [7, 11) is 0. The molecule has 2 bridgehead atoms. The van der Waals surface area contributed by atoms with Gasteiger partial charge in [-0.2, -0.15) is 5.10 Å². The summed E-state index contributed by atoms with van der Waals surface area (Å²) in [5.74, 6) is 0.521. The zero-order valence-corrected chi connectivity index (χ0v) is 15.1. The molecule has 26 heavy (non-hydrogen) atoms. The van der Waals surface area contributed by atoms with Gasteiger partial charge in [0.25, 0.3) is 0 Å².